The summed E-state index contributed by atoms with van der Waals surface area (Å²) in [5.74, 6) is 0.334. The third-order valence-electron chi connectivity index (χ3n) is 2.86. The number of benzene rings is 1. The molecule has 0 unspecified atom stereocenters. The van der Waals surface area contributed by atoms with Crippen LogP contribution in [-0.4, -0.2) is 5.11 Å². The molecule has 1 nitrogen and oxygen atoms in total. The van der Waals surface area contributed by atoms with Crippen molar-refractivity contribution in [1.82, 2.24) is 0 Å². The lowest BCUT2D eigenvalue weighted by molar-refractivity contribution is 0.442. The molecule has 0 atom stereocenters. The normalized spacial score (nSPS) is 12.9. The fourth-order valence-electron chi connectivity index (χ4n) is 1.70. The second-order valence-electron chi connectivity index (χ2n) is 6.53. The molecular weight excluding hydrogens is 196 g/mol. The zero-order valence-electron chi connectivity index (χ0n) is 11.3. The average Bonchev–Trinajstić information content (AvgIpc) is 2.05. The van der Waals surface area contributed by atoms with Crippen LogP contribution in [0.3, 0.4) is 0 Å². The molecule has 1 aromatic carbocycles. The molecule has 0 fully saturated rings. The van der Waals surface area contributed by atoms with Gasteiger partial charge in [-0.15, -0.1) is 0 Å². The summed E-state index contributed by atoms with van der Waals surface area (Å²) in [5, 5.41) is 10.1. The summed E-state index contributed by atoms with van der Waals surface area (Å²) >= 11 is 0. The van der Waals surface area contributed by atoms with Crippen LogP contribution in [-0.2, 0) is 10.8 Å². The summed E-state index contributed by atoms with van der Waals surface area (Å²) in [5.41, 5.74) is 2.94. The van der Waals surface area contributed by atoms with Crippen LogP contribution < -0.4 is 0 Å². The predicted octanol–water partition coefficient (Wildman–Crippen LogP) is 4.17. The molecule has 1 N–H and O–H groups in total. The van der Waals surface area contributed by atoms with E-state index in [1.165, 1.54) is 5.56 Å². The molecule has 1 radical (unpaired) electrons. The van der Waals surface area contributed by atoms with Gasteiger partial charge in [0.25, 0.3) is 0 Å². The zero-order chi connectivity index (χ0) is 12.7. The van der Waals surface area contributed by atoms with E-state index in [-0.39, 0.29) is 10.8 Å². The van der Waals surface area contributed by atoms with Crippen LogP contribution in [0.4, 0.5) is 0 Å². The van der Waals surface area contributed by atoms with Crippen molar-refractivity contribution in [2.24, 2.45) is 0 Å². The molecular formula is C15H23O. The van der Waals surface area contributed by atoms with E-state index in [1.54, 1.807) is 0 Å². The summed E-state index contributed by atoms with van der Waals surface area (Å²) in [6, 6.07) is 4.08. The van der Waals surface area contributed by atoms with Crippen molar-refractivity contribution in [2.75, 3.05) is 0 Å². The molecule has 1 heteroatoms. The lowest BCUT2D eigenvalue weighted by atomic mass is 9.79. The van der Waals surface area contributed by atoms with Gasteiger partial charge < -0.3 is 5.11 Å². The third-order valence-corrected chi connectivity index (χ3v) is 2.86. The van der Waals surface area contributed by atoms with Crippen molar-refractivity contribution in [1.29, 1.82) is 0 Å². The molecule has 0 spiro atoms. The SMILES string of the molecule is [CH2]c1cc(C(C)(C)C)cc(C(C)(C)C)c1O. The molecule has 0 aliphatic heterocycles. The first-order valence-electron chi connectivity index (χ1n) is 5.73. The maximum Gasteiger partial charge on any atom is 0.122 e. The maximum absolute atomic E-state index is 10.1. The monoisotopic (exact) mass is 219 g/mol. The van der Waals surface area contributed by atoms with Gasteiger partial charge in [0.05, 0.1) is 0 Å². The Morgan fingerprint density at radius 3 is 1.81 bits per heavy atom. The lowest BCUT2D eigenvalue weighted by Crippen LogP contribution is -2.17. The third kappa shape index (κ3) is 2.58. The van der Waals surface area contributed by atoms with E-state index < -0.39 is 0 Å². The number of phenolic OH excluding ortho intramolecular Hbond substituents is 1. The first-order valence-corrected chi connectivity index (χ1v) is 5.73. The quantitative estimate of drug-likeness (QED) is 0.694. The van der Waals surface area contributed by atoms with E-state index in [4.69, 9.17) is 0 Å². The number of aromatic hydroxyl groups is 1. The van der Waals surface area contributed by atoms with Gasteiger partial charge in [-0.05, 0) is 34.4 Å². The van der Waals surface area contributed by atoms with Crippen LogP contribution in [0.2, 0.25) is 0 Å². The first-order chi connectivity index (χ1) is 7.03. The summed E-state index contributed by atoms with van der Waals surface area (Å²) in [6.07, 6.45) is 0. The lowest BCUT2D eigenvalue weighted by Gasteiger charge is -2.26. The molecule has 0 bridgehead atoms. The fraction of sp³-hybridized carbons (Fsp3) is 0.533. The molecule has 0 saturated carbocycles. The van der Waals surface area contributed by atoms with Gasteiger partial charge in [-0.2, -0.15) is 0 Å². The molecule has 0 saturated heterocycles. The fourth-order valence-corrected chi connectivity index (χ4v) is 1.70. The largest absolute Gasteiger partial charge is 0.507 e. The van der Waals surface area contributed by atoms with Crippen molar-refractivity contribution in [3.8, 4) is 5.75 Å². The number of rotatable bonds is 0. The van der Waals surface area contributed by atoms with Crippen molar-refractivity contribution in [2.45, 2.75) is 52.4 Å². The molecule has 16 heavy (non-hydrogen) atoms. The number of hydrogen-bond acceptors (Lipinski definition) is 1. The molecule has 0 heterocycles. The van der Waals surface area contributed by atoms with E-state index >= 15 is 0 Å². The predicted molar refractivity (Wildman–Crippen MR) is 70.0 cm³/mol. The van der Waals surface area contributed by atoms with Crippen LogP contribution in [0.5, 0.6) is 5.75 Å². The number of hydrogen-bond donors (Lipinski definition) is 1. The van der Waals surface area contributed by atoms with Crippen LogP contribution >= 0.6 is 0 Å². The zero-order valence-corrected chi connectivity index (χ0v) is 11.3. The van der Waals surface area contributed by atoms with Crippen molar-refractivity contribution in [3.63, 3.8) is 0 Å². The van der Waals surface area contributed by atoms with Gasteiger partial charge in [-0.1, -0.05) is 53.7 Å². The van der Waals surface area contributed by atoms with Crippen LogP contribution in [0.1, 0.15) is 58.2 Å². The Balaban J connectivity index is 3.46. The van der Waals surface area contributed by atoms with Gasteiger partial charge in [0.1, 0.15) is 5.75 Å². The van der Waals surface area contributed by atoms with Crippen molar-refractivity contribution < 1.29 is 5.11 Å². The summed E-state index contributed by atoms with van der Waals surface area (Å²) in [7, 11) is 0. The van der Waals surface area contributed by atoms with Gasteiger partial charge in [-0.3, -0.25) is 0 Å². The topological polar surface area (TPSA) is 20.2 Å². The average molecular weight is 219 g/mol. The second kappa shape index (κ2) is 3.80. The summed E-state index contributed by atoms with van der Waals surface area (Å²) < 4.78 is 0. The Hall–Kier alpha value is -0.980. The van der Waals surface area contributed by atoms with E-state index in [9.17, 15) is 5.11 Å². The number of phenols is 1. The van der Waals surface area contributed by atoms with E-state index in [0.29, 0.717) is 5.75 Å². The molecule has 0 amide bonds. The highest BCUT2D eigenvalue weighted by atomic mass is 16.3. The van der Waals surface area contributed by atoms with Crippen LogP contribution in [0, 0.1) is 6.92 Å². The Morgan fingerprint density at radius 2 is 1.44 bits per heavy atom. The minimum Gasteiger partial charge on any atom is -0.507 e. The molecule has 1 rings (SSSR count). The van der Waals surface area contributed by atoms with E-state index in [2.05, 4.69) is 54.5 Å². The minimum absolute atomic E-state index is 0.0578. The second-order valence-corrected chi connectivity index (χ2v) is 6.53. The van der Waals surface area contributed by atoms with Crippen LogP contribution in [0.15, 0.2) is 12.1 Å². The standard InChI is InChI=1S/C15H23O/c1-10-8-11(14(2,3)4)9-12(13(10)16)15(5,6)7/h8-9,16H,1H2,2-7H3. The highest BCUT2D eigenvalue weighted by molar-refractivity contribution is 5.49. The summed E-state index contributed by atoms with van der Waals surface area (Å²) in [4.78, 5) is 0. The highest BCUT2D eigenvalue weighted by Gasteiger charge is 2.23. The van der Waals surface area contributed by atoms with Gasteiger partial charge in [0.2, 0.25) is 0 Å². The van der Waals surface area contributed by atoms with Gasteiger partial charge in [0.15, 0.2) is 0 Å². The maximum atomic E-state index is 10.1. The van der Waals surface area contributed by atoms with E-state index in [1.807, 2.05) is 6.07 Å². The smallest absolute Gasteiger partial charge is 0.122 e. The molecule has 1 aromatic rings. The highest BCUT2D eigenvalue weighted by Crippen LogP contribution is 2.37. The van der Waals surface area contributed by atoms with Gasteiger partial charge in [0, 0.05) is 0 Å². The minimum atomic E-state index is -0.0578. The summed E-state index contributed by atoms with van der Waals surface area (Å²) in [6.45, 7) is 16.7. The molecule has 0 aliphatic rings. The Kier molecular flexibility index (Phi) is 3.11. The molecule has 0 aliphatic carbocycles. The Morgan fingerprint density at radius 1 is 0.938 bits per heavy atom. The van der Waals surface area contributed by atoms with Crippen molar-refractivity contribution >= 4 is 0 Å². The Labute approximate surface area is 99.5 Å². The van der Waals surface area contributed by atoms with Crippen molar-refractivity contribution in [3.05, 3.63) is 35.7 Å². The van der Waals surface area contributed by atoms with E-state index in [0.717, 1.165) is 11.1 Å². The Bertz CT molecular complexity index is 389. The molecule has 89 valence electrons. The van der Waals surface area contributed by atoms with Crippen LogP contribution in [0.25, 0.3) is 0 Å². The van der Waals surface area contributed by atoms with Gasteiger partial charge >= 0.3 is 0 Å². The first kappa shape index (κ1) is 13.1. The van der Waals surface area contributed by atoms with Gasteiger partial charge in [-0.25, -0.2) is 0 Å². The molecule has 0 aromatic heterocycles.